The Morgan fingerprint density at radius 3 is 2.46 bits per heavy atom. The van der Waals surface area contributed by atoms with E-state index < -0.39 is 0 Å². The minimum Gasteiger partial charge on any atom is -0.326 e. The van der Waals surface area contributed by atoms with Crippen LogP contribution < -0.4 is 10.6 Å². The van der Waals surface area contributed by atoms with Crippen molar-refractivity contribution in [2.75, 3.05) is 23.7 Å². The zero-order valence-electron chi connectivity index (χ0n) is 15.6. The summed E-state index contributed by atoms with van der Waals surface area (Å²) in [5, 5.41) is 6.11. The number of nitrogens with one attached hydrogen (secondary N) is 2. The summed E-state index contributed by atoms with van der Waals surface area (Å²) in [4.78, 5) is 27.2. The largest absolute Gasteiger partial charge is 0.326 e. The van der Waals surface area contributed by atoms with E-state index in [1.54, 1.807) is 0 Å². The second-order valence-corrected chi connectivity index (χ2v) is 8.26. The quantitative estimate of drug-likeness (QED) is 0.849. The van der Waals surface area contributed by atoms with Crippen LogP contribution in [-0.2, 0) is 9.59 Å². The van der Waals surface area contributed by atoms with Gasteiger partial charge in [0.1, 0.15) is 0 Å². The summed E-state index contributed by atoms with van der Waals surface area (Å²) in [6.07, 6.45) is 8.08. The Bertz CT molecular complexity index is 696. The molecule has 5 heteroatoms. The van der Waals surface area contributed by atoms with Crippen LogP contribution in [-0.4, -0.2) is 35.8 Å². The smallest absolute Gasteiger partial charge is 0.238 e. The van der Waals surface area contributed by atoms with Gasteiger partial charge in [-0.15, -0.1) is 0 Å². The average Bonchev–Trinajstić information content (AvgIpc) is 3.35. The Morgan fingerprint density at radius 2 is 1.81 bits per heavy atom. The number of piperidine rings is 1. The van der Waals surface area contributed by atoms with Gasteiger partial charge in [0.25, 0.3) is 0 Å². The lowest BCUT2D eigenvalue weighted by atomic mass is 10.1. The van der Waals surface area contributed by atoms with E-state index in [4.69, 9.17) is 0 Å². The highest BCUT2D eigenvalue weighted by molar-refractivity contribution is 5.97. The van der Waals surface area contributed by atoms with Gasteiger partial charge in [-0.05, 0) is 62.6 Å². The monoisotopic (exact) mass is 355 g/mol. The van der Waals surface area contributed by atoms with Crippen LogP contribution in [0.4, 0.5) is 11.4 Å². The molecule has 2 bridgehead atoms. The molecular formula is C21H29N3O2. The third kappa shape index (κ3) is 3.63. The summed E-state index contributed by atoms with van der Waals surface area (Å²) >= 11 is 0. The van der Waals surface area contributed by atoms with Crippen molar-refractivity contribution in [2.24, 2.45) is 11.8 Å². The minimum atomic E-state index is 0.0416. The number of likely N-dealkylation sites (tertiary alicyclic amines) is 1. The molecule has 1 heterocycles. The molecule has 1 saturated heterocycles. The first-order chi connectivity index (χ1) is 12.6. The van der Waals surface area contributed by atoms with Gasteiger partial charge in [0, 0.05) is 29.9 Å². The fraction of sp³-hybridized carbons (Fsp3) is 0.619. The molecule has 140 valence electrons. The lowest BCUT2D eigenvalue weighted by molar-refractivity contribution is -0.119. The number of amides is 2. The molecule has 1 aromatic carbocycles. The third-order valence-electron chi connectivity index (χ3n) is 6.46. The molecule has 4 rings (SSSR count). The van der Waals surface area contributed by atoms with Crippen molar-refractivity contribution in [3.05, 3.63) is 23.8 Å². The van der Waals surface area contributed by atoms with E-state index in [1.165, 1.54) is 19.3 Å². The van der Waals surface area contributed by atoms with Crippen LogP contribution in [0.25, 0.3) is 0 Å². The van der Waals surface area contributed by atoms with E-state index in [1.807, 2.05) is 25.1 Å². The SMILES string of the molecule is Cc1c(NC(=O)CN2C[C@@H]3CC[C@H]2C3)cccc1NC(=O)C1CCCC1. The summed E-state index contributed by atoms with van der Waals surface area (Å²) < 4.78 is 0. The summed E-state index contributed by atoms with van der Waals surface area (Å²) in [6, 6.07) is 6.32. The highest BCUT2D eigenvalue weighted by Crippen LogP contribution is 2.37. The summed E-state index contributed by atoms with van der Waals surface area (Å²) in [6.45, 7) is 3.49. The lowest BCUT2D eigenvalue weighted by Gasteiger charge is -2.26. The van der Waals surface area contributed by atoms with Crippen molar-refractivity contribution >= 4 is 23.2 Å². The van der Waals surface area contributed by atoms with E-state index in [9.17, 15) is 9.59 Å². The van der Waals surface area contributed by atoms with Crippen molar-refractivity contribution in [1.29, 1.82) is 0 Å². The first-order valence-electron chi connectivity index (χ1n) is 10.0. The fourth-order valence-electron chi connectivity index (χ4n) is 4.92. The molecule has 0 aromatic heterocycles. The number of nitrogens with zero attached hydrogens (tertiary/aromatic N) is 1. The molecule has 26 heavy (non-hydrogen) atoms. The lowest BCUT2D eigenvalue weighted by Crippen LogP contribution is -2.38. The van der Waals surface area contributed by atoms with Crippen molar-refractivity contribution in [3.63, 3.8) is 0 Å². The topological polar surface area (TPSA) is 61.4 Å². The maximum absolute atomic E-state index is 12.5. The van der Waals surface area contributed by atoms with Gasteiger partial charge in [-0.1, -0.05) is 18.9 Å². The predicted molar refractivity (Wildman–Crippen MR) is 103 cm³/mol. The van der Waals surface area contributed by atoms with Gasteiger partial charge in [-0.2, -0.15) is 0 Å². The highest BCUT2D eigenvalue weighted by atomic mass is 16.2. The van der Waals surface area contributed by atoms with Gasteiger partial charge in [-0.3, -0.25) is 14.5 Å². The van der Waals surface area contributed by atoms with E-state index in [2.05, 4.69) is 15.5 Å². The number of fused-ring (bicyclic) bond motifs is 2. The number of hydrogen-bond donors (Lipinski definition) is 2. The summed E-state index contributed by atoms with van der Waals surface area (Å²) in [5.41, 5.74) is 2.53. The normalized spacial score (nSPS) is 25.6. The molecule has 3 fully saturated rings. The van der Waals surface area contributed by atoms with Crippen molar-refractivity contribution in [3.8, 4) is 0 Å². The molecule has 2 saturated carbocycles. The molecule has 2 atom stereocenters. The van der Waals surface area contributed by atoms with Gasteiger partial charge < -0.3 is 10.6 Å². The van der Waals surface area contributed by atoms with Crippen LogP contribution >= 0.6 is 0 Å². The Morgan fingerprint density at radius 1 is 1.08 bits per heavy atom. The number of carbonyl (C=O) groups excluding carboxylic acids is 2. The second kappa shape index (κ2) is 7.39. The fourth-order valence-corrected chi connectivity index (χ4v) is 4.92. The molecule has 1 aliphatic heterocycles. The minimum absolute atomic E-state index is 0.0416. The summed E-state index contributed by atoms with van der Waals surface area (Å²) in [7, 11) is 0. The molecule has 1 aromatic rings. The van der Waals surface area contributed by atoms with E-state index in [-0.39, 0.29) is 17.7 Å². The number of carbonyl (C=O) groups is 2. The van der Waals surface area contributed by atoms with Crippen molar-refractivity contribution < 1.29 is 9.59 Å². The molecule has 5 nitrogen and oxygen atoms in total. The molecule has 2 amide bonds. The van der Waals surface area contributed by atoms with Crippen LogP contribution in [0.5, 0.6) is 0 Å². The van der Waals surface area contributed by atoms with Crippen LogP contribution in [0, 0.1) is 18.8 Å². The zero-order chi connectivity index (χ0) is 18.1. The van der Waals surface area contributed by atoms with E-state index in [0.29, 0.717) is 12.6 Å². The molecule has 0 unspecified atom stereocenters. The Hall–Kier alpha value is -1.88. The molecule has 2 N–H and O–H groups in total. The standard InChI is InChI=1S/C21H29N3O2/c1-14-18(22-20(25)13-24-12-15-9-10-17(24)11-15)7-4-8-19(14)23-21(26)16-5-2-3-6-16/h4,7-8,15-17H,2-3,5-6,9-13H2,1H3,(H,22,25)(H,23,26)/t15-,17+/m1/s1. The number of rotatable bonds is 5. The number of hydrogen-bond acceptors (Lipinski definition) is 3. The zero-order valence-corrected chi connectivity index (χ0v) is 15.6. The Balaban J connectivity index is 1.37. The van der Waals surface area contributed by atoms with Crippen LogP contribution in [0.1, 0.15) is 50.5 Å². The Kier molecular flexibility index (Phi) is 4.98. The van der Waals surface area contributed by atoms with Gasteiger partial charge in [0.2, 0.25) is 11.8 Å². The first-order valence-corrected chi connectivity index (χ1v) is 10.0. The van der Waals surface area contributed by atoms with Crippen molar-refractivity contribution in [1.82, 2.24) is 4.90 Å². The summed E-state index contributed by atoms with van der Waals surface area (Å²) in [5.74, 6) is 1.09. The molecular weight excluding hydrogens is 326 g/mol. The second-order valence-electron chi connectivity index (χ2n) is 8.26. The average molecular weight is 355 g/mol. The van der Waals surface area contributed by atoms with Crippen LogP contribution in [0.2, 0.25) is 0 Å². The Labute approximate surface area is 155 Å². The van der Waals surface area contributed by atoms with Gasteiger partial charge >= 0.3 is 0 Å². The van der Waals surface area contributed by atoms with Crippen LogP contribution in [0.3, 0.4) is 0 Å². The molecule has 0 spiro atoms. The maximum Gasteiger partial charge on any atom is 0.238 e. The third-order valence-corrected chi connectivity index (χ3v) is 6.46. The van der Waals surface area contributed by atoms with E-state index >= 15 is 0 Å². The molecule has 3 aliphatic rings. The highest BCUT2D eigenvalue weighted by Gasteiger charge is 2.38. The molecule has 2 aliphatic carbocycles. The van der Waals surface area contributed by atoms with Gasteiger partial charge in [0.05, 0.1) is 6.54 Å². The molecule has 0 radical (unpaired) electrons. The predicted octanol–water partition coefficient (Wildman–Crippen LogP) is 3.55. The van der Waals surface area contributed by atoms with Crippen molar-refractivity contribution in [2.45, 2.75) is 57.9 Å². The van der Waals surface area contributed by atoms with Gasteiger partial charge in [0.15, 0.2) is 0 Å². The van der Waals surface area contributed by atoms with Gasteiger partial charge in [-0.25, -0.2) is 0 Å². The van der Waals surface area contributed by atoms with Crippen LogP contribution in [0.15, 0.2) is 18.2 Å². The first kappa shape index (κ1) is 17.5. The number of benzene rings is 1. The number of anilines is 2. The van der Waals surface area contributed by atoms with E-state index in [0.717, 1.165) is 55.1 Å². The maximum atomic E-state index is 12.5.